The number of nitrogens with zero attached hydrogens (tertiary/aromatic N) is 1. The Bertz CT molecular complexity index is 623. The SMILES string of the molecule is O=C(OC1CCOC1)c1cnc(Cl)c2ccccc12. The van der Waals surface area contributed by atoms with Gasteiger partial charge in [-0.05, 0) is 0 Å². The highest BCUT2D eigenvalue weighted by molar-refractivity contribution is 6.34. The summed E-state index contributed by atoms with van der Waals surface area (Å²) >= 11 is 6.02. The lowest BCUT2D eigenvalue weighted by atomic mass is 10.1. The molecule has 1 fully saturated rings. The van der Waals surface area contributed by atoms with Crippen LogP contribution in [0.5, 0.6) is 0 Å². The van der Waals surface area contributed by atoms with Gasteiger partial charge in [0.25, 0.3) is 0 Å². The van der Waals surface area contributed by atoms with Gasteiger partial charge in [0.1, 0.15) is 11.3 Å². The van der Waals surface area contributed by atoms with Crippen LogP contribution in [0.1, 0.15) is 16.8 Å². The number of pyridine rings is 1. The highest BCUT2D eigenvalue weighted by Gasteiger charge is 2.22. The van der Waals surface area contributed by atoms with Crippen LogP contribution in [0.3, 0.4) is 0 Å². The zero-order valence-electron chi connectivity index (χ0n) is 10.1. The van der Waals surface area contributed by atoms with Crippen molar-refractivity contribution in [2.45, 2.75) is 12.5 Å². The molecule has 3 rings (SSSR count). The first-order chi connectivity index (χ1) is 9.25. The predicted octanol–water partition coefficient (Wildman–Crippen LogP) is 2.83. The quantitative estimate of drug-likeness (QED) is 0.626. The largest absolute Gasteiger partial charge is 0.456 e. The van der Waals surface area contributed by atoms with Gasteiger partial charge in [-0.25, -0.2) is 9.78 Å². The molecule has 0 bridgehead atoms. The number of hydrogen-bond acceptors (Lipinski definition) is 4. The number of carbonyl (C=O) groups excluding carboxylic acids is 1. The number of fused-ring (bicyclic) bond motifs is 1. The minimum Gasteiger partial charge on any atom is -0.456 e. The molecule has 1 aromatic carbocycles. The summed E-state index contributed by atoms with van der Waals surface area (Å²) < 4.78 is 10.6. The molecule has 0 N–H and O–H groups in total. The lowest BCUT2D eigenvalue weighted by Gasteiger charge is -2.11. The summed E-state index contributed by atoms with van der Waals surface area (Å²) in [7, 11) is 0. The summed E-state index contributed by atoms with van der Waals surface area (Å²) in [6.45, 7) is 1.10. The van der Waals surface area contributed by atoms with Crippen LogP contribution in [-0.2, 0) is 9.47 Å². The Hall–Kier alpha value is -1.65. The third-order valence-corrected chi connectivity index (χ3v) is 3.43. The van der Waals surface area contributed by atoms with Gasteiger partial charge in [-0.3, -0.25) is 0 Å². The average Bonchev–Trinajstić information content (AvgIpc) is 2.92. The molecule has 98 valence electrons. The van der Waals surface area contributed by atoms with Gasteiger partial charge in [-0.15, -0.1) is 0 Å². The summed E-state index contributed by atoms with van der Waals surface area (Å²) in [5.74, 6) is -0.379. The number of ether oxygens (including phenoxy) is 2. The number of rotatable bonds is 2. The highest BCUT2D eigenvalue weighted by atomic mass is 35.5. The third kappa shape index (κ3) is 2.41. The molecule has 5 heteroatoms. The smallest absolute Gasteiger partial charge is 0.340 e. The summed E-state index contributed by atoms with van der Waals surface area (Å²) in [5.41, 5.74) is 0.437. The fraction of sp³-hybridized carbons (Fsp3) is 0.286. The molecule has 0 spiro atoms. The monoisotopic (exact) mass is 277 g/mol. The number of carbonyl (C=O) groups is 1. The van der Waals surface area contributed by atoms with Crippen LogP contribution in [0.25, 0.3) is 10.8 Å². The predicted molar refractivity (Wildman–Crippen MR) is 71.4 cm³/mol. The van der Waals surface area contributed by atoms with Crippen LogP contribution in [0.15, 0.2) is 30.5 Å². The van der Waals surface area contributed by atoms with E-state index < -0.39 is 0 Å². The van der Waals surface area contributed by atoms with Crippen molar-refractivity contribution in [3.63, 3.8) is 0 Å². The van der Waals surface area contributed by atoms with E-state index >= 15 is 0 Å². The number of benzene rings is 1. The molecule has 1 atom stereocenters. The van der Waals surface area contributed by atoms with E-state index in [1.807, 2.05) is 24.3 Å². The van der Waals surface area contributed by atoms with E-state index in [2.05, 4.69) is 4.98 Å². The maximum atomic E-state index is 12.2. The topological polar surface area (TPSA) is 48.4 Å². The van der Waals surface area contributed by atoms with Crippen LogP contribution >= 0.6 is 11.6 Å². The number of halogens is 1. The molecule has 1 aliphatic heterocycles. The van der Waals surface area contributed by atoms with Gasteiger partial charge in [0.15, 0.2) is 0 Å². The van der Waals surface area contributed by atoms with Crippen molar-refractivity contribution in [1.82, 2.24) is 4.98 Å². The molecule has 0 saturated carbocycles. The van der Waals surface area contributed by atoms with Crippen molar-refractivity contribution < 1.29 is 14.3 Å². The maximum absolute atomic E-state index is 12.2. The molecular formula is C14H12ClNO3. The molecule has 0 aliphatic carbocycles. The first kappa shape index (κ1) is 12.4. The van der Waals surface area contributed by atoms with Gasteiger partial charge in [0, 0.05) is 23.4 Å². The fourth-order valence-corrected chi connectivity index (χ4v) is 2.36. The van der Waals surface area contributed by atoms with Crippen molar-refractivity contribution in [3.8, 4) is 0 Å². The van der Waals surface area contributed by atoms with Crippen molar-refractivity contribution in [2.24, 2.45) is 0 Å². The molecule has 2 aromatic rings. The molecule has 1 unspecified atom stereocenters. The summed E-state index contributed by atoms with van der Waals surface area (Å²) in [6, 6.07) is 7.38. The Morgan fingerprint density at radius 3 is 2.89 bits per heavy atom. The van der Waals surface area contributed by atoms with Gasteiger partial charge < -0.3 is 9.47 Å². The Kier molecular flexibility index (Phi) is 3.36. The van der Waals surface area contributed by atoms with Gasteiger partial charge in [0.05, 0.1) is 18.8 Å². The molecule has 19 heavy (non-hydrogen) atoms. The van der Waals surface area contributed by atoms with E-state index in [0.717, 1.165) is 17.2 Å². The Morgan fingerprint density at radius 1 is 1.37 bits per heavy atom. The van der Waals surface area contributed by atoms with Gasteiger partial charge >= 0.3 is 5.97 Å². The Labute approximate surface area is 115 Å². The van der Waals surface area contributed by atoms with Crippen LogP contribution in [0.2, 0.25) is 5.15 Å². The average molecular weight is 278 g/mol. The van der Waals surface area contributed by atoms with Crippen molar-refractivity contribution in [2.75, 3.05) is 13.2 Å². The second-order valence-corrected chi connectivity index (χ2v) is 4.76. The lowest BCUT2D eigenvalue weighted by molar-refractivity contribution is 0.0272. The maximum Gasteiger partial charge on any atom is 0.340 e. The van der Waals surface area contributed by atoms with E-state index in [4.69, 9.17) is 21.1 Å². The summed E-state index contributed by atoms with van der Waals surface area (Å²) in [6.07, 6.45) is 2.04. The van der Waals surface area contributed by atoms with E-state index in [1.54, 1.807) is 0 Å². The lowest BCUT2D eigenvalue weighted by Crippen LogP contribution is -2.18. The standard InChI is InChI=1S/C14H12ClNO3/c15-13-11-4-2-1-3-10(11)12(7-16-13)14(17)19-9-5-6-18-8-9/h1-4,7,9H,5-6,8H2. The van der Waals surface area contributed by atoms with E-state index in [-0.39, 0.29) is 12.1 Å². The Balaban J connectivity index is 1.95. The number of hydrogen-bond donors (Lipinski definition) is 0. The molecule has 0 amide bonds. The van der Waals surface area contributed by atoms with Crippen molar-refractivity contribution in [1.29, 1.82) is 0 Å². The van der Waals surface area contributed by atoms with Gasteiger partial charge in [-0.2, -0.15) is 0 Å². The number of esters is 1. The minimum atomic E-state index is -0.379. The molecule has 1 aliphatic rings. The van der Waals surface area contributed by atoms with Crippen molar-refractivity contribution >= 4 is 28.3 Å². The molecule has 1 saturated heterocycles. The van der Waals surface area contributed by atoms with Crippen LogP contribution in [0.4, 0.5) is 0 Å². The minimum absolute atomic E-state index is 0.165. The molecular weight excluding hydrogens is 266 g/mol. The summed E-state index contributed by atoms with van der Waals surface area (Å²) in [4.78, 5) is 16.2. The molecule has 0 radical (unpaired) electrons. The highest BCUT2D eigenvalue weighted by Crippen LogP contribution is 2.25. The molecule has 4 nitrogen and oxygen atoms in total. The fourth-order valence-electron chi connectivity index (χ4n) is 2.14. The first-order valence-corrected chi connectivity index (χ1v) is 6.45. The van der Waals surface area contributed by atoms with Crippen LogP contribution < -0.4 is 0 Å². The second kappa shape index (κ2) is 5.15. The van der Waals surface area contributed by atoms with Crippen LogP contribution in [0, 0.1) is 0 Å². The zero-order chi connectivity index (χ0) is 13.2. The van der Waals surface area contributed by atoms with Gasteiger partial charge in [-0.1, -0.05) is 35.9 Å². The Morgan fingerprint density at radius 2 is 2.16 bits per heavy atom. The van der Waals surface area contributed by atoms with Gasteiger partial charge in [0.2, 0.25) is 0 Å². The van der Waals surface area contributed by atoms with E-state index in [1.165, 1.54) is 6.20 Å². The zero-order valence-corrected chi connectivity index (χ0v) is 10.9. The van der Waals surface area contributed by atoms with Crippen molar-refractivity contribution in [3.05, 3.63) is 41.2 Å². The van der Waals surface area contributed by atoms with E-state index in [9.17, 15) is 4.79 Å². The second-order valence-electron chi connectivity index (χ2n) is 4.40. The first-order valence-electron chi connectivity index (χ1n) is 6.07. The molecule has 2 heterocycles. The number of aromatic nitrogens is 1. The van der Waals surface area contributed by atoms with E-state index in [0.29, 0.717) is 23.9 Å². The summed E-state index contributed by atoms with van der Waals surface area (Å²) in [5, 5.41) is 1.89. The van der Waals surface area contributed by atoms with Crippen LogP contribution in [-0.4, -0.2) is 30.3 Å². The third-order valence-electron chi connectivity index (χ3n) is 3.13. The normalized spacial score (nSPS) is 18.7. The molecule has 1 aromatic heterocycles.